The highest BCUT2D eigenvalue weighted by atomic mass is 32.2. The molecular formula is C13H16N4S. The summed E-state index contributed by atoms with van der Waals surface area (Å²) in [5.41, 5.74) is 8.19. The van der Waals surface area contributed by atoms with Gasteiger partial charge >= 0.3 is 0 Å². The molecule has 4 nitrogen and oxygen atoms in total. The van der Waals surface area contributed by atoms with Crippen molar-refractivity contribution in [2.45, 2.75) is 30.3 Å². The van der Waals surface area contributed by atoms with Crippen molar-refractivity contribution in [3.8, 4) is 0 Å². The van der Waals surface area contributed by atoms with Crippen LogP contribution in [0.4, 0.5) is 0 Å². The van der Waals surface area contributed by atoms with Crippen LogP contribution >= 0.6 is 11.8 Å². The largest absolute Gasteiger partial charge is 0.327 e. The second kappa shape index (κ2) is 5.93. The van der Waals surface area contributed by atoms with E-state index in [4.69, 9.17) is 5.73 Å². The van der Waals surface area contributed by atoms with E-state index in [1.165, 1.54) is 0 Å². The first-order valence-corrected chi connectivity index (χ1v) is 6.65. The third kappa shape index (κ3) is 3.27. The molecule has 2 aromatic rings. The second-order valence-corrected chi connectivity index (χ2v) is 5.34. The Morgan fingerprint density at radius 2 is 1.94 bits per heavy atom. The van der Waals surface area contributed by atoms with Gasteiger partial charge < -0.3 is 5.73 Å². The average molecular weight is 260 g/mol. The van der Waals surface area contributed by atoms with Crippen LogP contribution in [0.25, 0.3) is 0 Å². The first-order valence-electron chi connectivity index (χ1n) is 5.77. The van der Waals surface area contributed by atoms with Crippen molar-refractivity contribution < 1.29 is 0 Å². The molecule has 0 bridgehead atoms. The van der Waals surface area contributed by atoms with Gasteiger partial charge in [-0.15, -0.1) is 0 Å². The maximum atomic E-state index is 6.04. The smallest absolute Gasteiger partial charge is 0.188 e. The lowest BCUT2D eigenvalue weighted by atomic mass is 10.1. The highest BCUT2D eigenvalue weighted by Crippen LogP contribution is 2.34. The summed E-state index contributed by atoms with van der Waals surface area (Å²) < 4.78 is 0. The zero-order valence-corrected chi connectivity index (χ0v) is 11.3. The summed E-state index contributed by atoms with van der Waals surface area (Å²) in [6.45, 7) is 3.96. The normalized spacial score (nSPS) is 14.2. The fourth-order valence-electron chi connectivity index (χ4n) is 1.58. The summed E-state index contributed by atoms with van der Waals surface area (Å²) in [6.07, 6.45) is 7.23. The first-order chi connectivity index (χ1) is 8.66. The molecular weight excluding hydrogens is 244 g/mol. The van der Waals surface area contributed by atoms with Crippen molar-refractivity contribution in [3.05, 3.63) is 48.0 Å². The van der Waals surface area contributed by atoms with E-state index in [1.807, 2.05) is 44.6 Å². The van der Waals surface area contributed by atoms with Gasteiger partial charge in [0.25, 0.3) is 0 Å². The molecule has 0 amide bonds. The molecule has 2 atom stereocenters. The monoisotopic (exact) mass is 260 g/mol. The number of aromatic nitrogens is 3. The van der Waals surface area contributed by atoms with Gasteiger partial charge in [-0.25, -0.2) is 9.97 Å². The number of hydrogen-bond acceptors (Lipinski definition) is 5. The molecule has 0 radical (unpaired) electrons. The van der Waals surface area contributed by atoms with E-state index in [0.29, 0.717) is 0 Å². The SMILES string of the molecule is Cc1cnc(SC(c2cccnc2)C(C)N)nc1. The van der Waals surface area contributed by atoms with E-state index in [2.05, 4.69) is 15.0 Å². The van der Waals surface area contributed by atoms with E-state index in [1.54, 1.807) is 18.0 Å². The van der Waals surface area contributed by atoms with Crippen LogP contribution < -0.4 is 5.73 Å². The summed E-state index contributed by atoms with van der Waals surface area (Å²) in [6, 6.07) is 3.95. The Balaban J connectivity index is 2.19. The van der Waals surface area contributed by atoms with Crippen molar-refractivity contribution in [2.24, 2.45) is 5.73 Å². The molecule has 0 aliphatic heterocycles. The Hall–Kier alpha value is -1.46. The second-order valence-electron chi connectivity index (χ2n) is 4.23. The summed E-state index contributed by atoms with van der Waals surface area (Å²) in [4.78, 5) is 12.7. The van der Waals surface area contributed by atoms with Crippen LogP contribution in [0.15, 0.2) is 42.1 Å². The first kappa shape index (κ1) is 13.0. The van der Waals surface area contributed by atoms with Crippen molar-refractivity contribution in [2.75, 3.05) is 0 Å². The molecule has 2 aromatic heterocycles. The molecule has 0 aromatic carbocycles. The van der Waals surface area contributed by atoms with Gasteiger partial charge in [0.05, 0.1) is 5.25 Å². The Morgan fingerprint density at radius 3 is 2.50 bits per heavy atom. The number of pyridine rings is 1. The number of nitrogens with two attached hydrogens (primary N) is 1. The van der Waals surface area contributed by atoms with Gasteiger partial charge in [0, 0.05) is 30.8 Å². The highest BCUT2D eigenvalue weighted by Gasteiger charge is 2.19. The molecule has 0 fully saturated rings. The van der Waals surface area contributed by atoms with Gasteiger partial charge in [0.1, 0.15) is 0 Å². The molecule has 2 rings (SSSR count). The number of hydrogen-bond donors (Lipinski definition) is 1. The number of rotatable bonds is 4. The molecule has 0 aliphatic carbocycles. The van der Waals surface area contributed by atoms with E-state index >= 15 is 0 Å². The van der Waals surface area contributed by atoms with Gasteiger partial charge in [-0.3, -0.25) is 4.98 Å². The summed E-state index contributed by atoms with van der Waals surface area (Å²) >= 11 is 1.57. The van der Waals surface area contributed by atoms with Crippen LogP contribution in [0.2, 0.25) is 0 Å². The van der Waals surface area contributed by atoms with Crippen LogP contribution in [-0.2, 0) is 0 Å². The predicted octanol–water partition coefficient (Wildman–Crippen LogP) is 2.36. The lowest BCUT2D eigenvalue weighted by molar-refractivity contribution is 0.715. The molecule has 2 unspecified atom stereocenters. The summed E-state index contributed by atoms with van der Waals surface area (Å²) in [5, 5.41) is 0.855. The molecule has 94 valence electrons. The summed E-state index contributed by atoms with van der Waals surface area (Å²) in [7, 11) is 0. The van der Waals surface area contributed by atoms with Crippen LogP contribution in [0, 0.1) is 6.92 Å². The molecule has 0 spiro atoms. The standard InChI is InChI=1S/C13H16N4S/c1-9-6-16-13(17-7-9)18-12(10(2)14)11-4-3-5-15-8-11/h3-8,10,12H,14H2,1-2H3. The van der Waals surface area contributed by atoms with Crippen molar-refractivity contribution in [3.63, 3.8) is 0 Å². The predicted molar refractivity (Wildman–Crippen MR) is 73.3 cm³/mol. The minimum absolute atomic E-state index is 0.00380. The summed E-state index contributed by atoms with van der Waals surface area (Å²) in [5.74, 6) is 0. The molecule has 0 saturated heterocycles. The molecule has 0 saturated carbocycles. The number of thioether (sulfide) groups is 1. The van der Waals surface area contributed by atoms with Gasteiger partial charge in [-0.1, -0.05) is 17.8 Å². The molecule has 18 heavy (non-hydrogen) atoms. The third-order valence-electron chi connectivity index (χ3n) is 2.48. The van der Waals surface area contributed by atoms with Gasteiger partial charge in [-0.05, 0) is 31.0 Å². The lowest BCUT2D eigenvalue weighted by Crippen LogP contribution is -2.22. The van der Waals surface area contributed by atoms with E-state index in [-0.39, 0.29) is 11.3 Å². The molecule has 2 heterocycles. The third-order valence-corrected chi connectivity index (χ3v) is 3.86. The Morgan fingerprint density at radius 1 is 1.22 bits per heavy atom. The van der Waals surface area contributed by atoms with Crippen molar-refractivity contribution in [1.82, 2.24) is 15.0 Å². The highest BCUT2D eigenvalue weighted by molar-refractivity contribution is 7.99. The van der Waals surface area contributed by atoms with Crippen LogP contribution in [-0.4, -0.2) is 21.0 Å². The van der Waals surface area contributed by atoms with Gasteiger partial charge in [0.15, 0.2) is 5.16 Å². The van der Waals surface area contributed by atoms with E-state index in [9.17, 15) is 0 Å². The minimum Gasteiger partial charge on any atom is -0.327 e. The maximum Gasteiger partial charge on any atom is 0.188 e. The van der Waals surface area contributed by atoms with Crippen molar-refractivity contribution in [1.29, 1.82) is 0 Å². The van der Waals surface area contributed by atoms with Gasteiger partial charge in [-0.2, -0.15) is 0 Å². The quantitative estimate of drug-likeness (QED) is 0.675. The Kier molecular flexibility index (Phi) is 4.28. The minimum atomic E-state index is 0.00380. The fourth-order valence-corrected chi connectivity index (χ4v) is 2.52. The fraction of sp³-hybridized carbons (Fsp3) is 0.308. The maximum absolute atomic E-state index is 6.04. The van der Waals surface area contributed by atoms with Gasteiger partial charge in [0.2, 0.25) is 0 Å². The number of aryl methyl sites for hydroxylation is 1. The Labute approximate surface area is 111 Å². The zero-order chi connectivity index (χ0) is 13.0. The lowest BCUT2D eigenvalue weighted by Gasteiger charge is -2.19. The zero-order valence-electron chi connectivity index (χ0n) is 10.4. The number of nitrogens with zero attached hydrogens (tertiary/aromatic N) is 3. The van der Waals surface area contributed by atoms with Crippen LogP contribution in [0.5, 0.6) is 0 Å². The average Bonchev–Trinajstić information content (AvgIpc) is 2.38. The Bertz CT molecular complexity index is 484. The molecule has 5 heteroatoms. The van der Waals surface area contributed by atoms with E-state index in [0.717, 1.165) is 16.3 Å². The topological polar surface area (TPSA) is 64.7 Å². The molecule has 2 N–H and O–H groups in total. The molecule has 0 aliphatic rings. The van der Waals surface area contributed by atoms with Crippen molar-refractivity contribution >= 4 is 11.8 Å². The van der Waals surface area contributed by atoms with Crippen LogP contribution in [0.1, 0.15) is 23.3 Å². The van der Waals surface area contributed by atoms with Crippen LogP contribution in [0.3, 0.4) is 0 Å². The van der Waals surface area contributed by atoms with E-state index < -0.39 is 0 Å².